The third-order valence-corrected chi connectivity index (χ3v) is 4.58. The minimum absolute atomic E-state index is 0.261. The highest BCUT2D eigenvalue weighted by Gasteiger charge is 2.04. The van der Waals surface area contributed by atoms with E-state index in [0.29, 0.717) is 0 Å². The van der Waals surface area contributed by atoms with Gasteiger partial charge in [-0.15, -0.1) is 11.3 Å². The van der Waals surface area contributed by atoms with Gasteiger partial charge in [0.15, 0.2) is 0 Å². The van der Waals surface area contributed by atoms with Crippen molar-refractivity contribution in [3.63, 3.8) is 0 Å². The summed E-state index contributed by atoms with van der Waals surface area (Å²) in [5.41, 5.74) is 1.45. The number of benzene rings is 1. The van der Waals surface area contributed by atoms with Crippen molar-refractivity contribution in [1.29, 1.82) is 0 Å². The number of hydrogen-bond donors (Lipinski definition) is 3. The van der Waals surface area contributed by atoms with Gasteiger partial charge in [-0.25, -0.2) is 9.59 Å². The Kier molecular flexibility index (Phi) is 9.76. The Labute approximate surface area is 151 Å². The van der Waals surface area contributed by atoms with Crippen molar-refractivity contribution >= 4 is 33.4 Å². The van der Waals surface area contributed by atoms with Crippen LogP contribution in [0.4, 0.5) is 0 Å². The van der Waals surface area contributed by atoms with Crippen LogP contribution in [0.5, 0.6) is 0 Å². The third-order valence-electron chi connectivity index (χ3n) is 3.69. The number of hydrogen-bond acceptors (Lipinski definition) is 5. The molecular formula is C18H25NO5S. The Morgan fingerprint density at radius 2 is 1.76 bits per heavy atom. The van der Waals surface area contributed by atoms with Crippen molar-refractivity contribution in [1.82, 2.24) is 4.90 Å². The average Bonchev–Trinajstić information content (AvgIpc) is 3.03. The molecule has 7 heteroatoms. The molecule has 25 heavy (non-hydrogen) atoms. The number of thiophene rings is 1. The first-order valence-corrected chi connectivity index (χ1v) is 9.03. The average molecular weight is 367 g/mol. The van der Waals surface area contributed by atoms with Gasteiger partial charge in [0.25, 0.3) is 0 Å². The van der Waals surface area contributed by atoms with Gasteiger partial charge in [0.2, 0.25) is 0 Å². The van der Waals surface area contributed by atoms with Gasteiger partial charge in [0, 0.05) is 11.2 Å². The highest BCUT2D eigenvalue weighted by Crippen LogP contribution is 2.22. The molecule has 0 radical (unpaired) electrons. The zero-order valence-electron chi connectivity index (χ0n) is 14.4. The molecule has 0 saturated heterocycles. The van der Waals surface area contributed by atoms with Gasteiger partial charge in [0.1, 0.15) is 0 Å². The molecule has 1 aromatic heterocycles. The molecule has 0 aliphatic rings. The third kappa shape index (κ3) is 8.62. The minimum Gasteiger partial charge on any atom is -0.473 e. The Morgan fingerprint density at radius 3 is 2.40 bits per heavy atom. The Balaban J connectivity index is 0.000000450. The maximum atomic E-state index is 9.10. The van der Waals surface area contributed by atoms with Gasteiger partial charge in [-0.2, -0.15) is 0 Å². The molecule has 6 nitrogen and oxygen atoms in total. The lowest BCUT2D eigenvalue weighted by molar-refractivity contribution is -0.159. The van der Waals surface area contributed by atoms with Crippen LogP contribution in [0.25, 0.3) is 10.1 Å². The SMILES string of the molecule is CN(CCO)CCCCCc1ccc2sccc2c1.O=C(O)C(=O)O. The Morgan fingerprint density at radius 1 is 1.04 bits per heavy atom. The lowest BCUT2D eigenvalue weighted by Gasteiger charge is -2.14. The molecule has 0 spiro atoms. The summed E-state index contributed by atoms with van der Waals surface area (Å²) >= 11 is 1.81. The fourth-order valence-corrected chi connectivity index (χ4v) is 3.11. The molecule has 0 fully saturated rings. The van der Waals surface area contributed by atoms with Crippen LogP contribution in [0, 0.1) is 0 Å². The summed E-state index contributed by atoms with van der Waals surface area (Å²) in [7, 11) is 2.07. The lowest BCUT2D eigenvalue weighted by atomic mass is 10.1. The first-order valence-electron chi connectivity index (χ1n) is 8.15. The number of carboxylic acids is 2. The van der Waals surface area contributed by atoms with Gasteiger partial charge >= 0.3 is 11.9 Å². The number of aryl methyl sites for hydroxylation is 1. The maximum absolute atomic E-state index is 9.10. The van der Waals surface area contributed by atoms with Crippen LogP contribution < -0.4 is 0 Å². The van der Waals surface area contributed by atoms with Crippen molar-refractivity contribution in [3.8, 4) is 0 Å². The normalized spacial score (nSPS) is 10.5. The van der Waals surface area contributed by atoms with Crippen molar-refractivity contribution in [2.24, 2.45) is 0 Å². The zero-order valence-corrected chi connectivity index (χ0v) is 15.2. The number of carbonyl (C=O) groups is 2. The quantitative estimate of drug-likeness (QED) is 0.490. The Bertz CT molecular complexity index is 658. The molecule has 0 aliphatic heterocycles. The van der Waals surface area contributed by atoms with E-state index in [1.54, 1.807) is 0 Å². The standard InChI is InChI=1S/C16H23NOS.C2H2O4/c1-17(10-11-18)9-4-2-3-5-14-6-7-16-15(13-14)8-12-19-16;3-1(4)2(5)6/h6-8,12-13,18H,2-5,9-11H2,1H3;(H,3,4)(H,5,6). The molecule has 2 aromatic rings. The predicted octanol–water partition coefficient (Wildman–Crippen LogP) is 2.69. The van der Waals surface area contributed by atoms with Crippen LogP contribution in [0.3, 0.4) is 0 Å². The molecule has 3 N–H and O–H groups in total. The topological polar surface area (TPSA) is 98.1 Å². The van der Waals surface area contributed by atoms with E-state index in [-0.39, 0.29) is 6.61 Å². The van der Waals surface area contributed by atoms with Gasteiger partial charge in [-0.1, -0.05) is 18.6 Å². The van der Waals surface area contributed by atoms with E-state index < -0.39 is 11.9 Å². The number of nitrogens with zero attached hydrogens (tertiary/aromatic N) is 1. The molecule has 1 aromatic carbocycles. The summed E-state index contributed by atoms with van der Waals surface area (Å²) in [6, 6.07) is 9.03. The van der Waals surface area contributed by atoms with Gasteiger partial charge in [-0.05, 0) is 61.3 Å². The molecular weight excluding hydrogens is 342 g/mol. The summed E-state index contributed by atoms with van der Waals surface area (Å²) in [6.07, 6.45) is 4.91. The second-order valence-electron chi connectivity index (χ2n) is 5.74. The van der Waals surface area contributed by atoms with E-state index >= 15 is 0 Å². The zero-order chi connectivity index (χ0) is 18.7. The molecule has 0 bridgehead atoms. The summed E-state index contributed by atoms with van der Waals surface area (Å²) in [4.78, 5) is 20.4. The second-order valence-corrected chi connectivity index (χ2v) is 6.69. The van der Waals surface area contributed by atoms with Crippen molar-refractivity contribution in [3.05, 3.63) is 35.2 Å². The van der Waals surface area contributed by atoms with Crippen LogP contribution >= 0.6 is 11.3 Å². The van der Waals surface area contributed by atoms with Crippen LogP contribution in [0.2, 0.25) is 0 Å². The number of carboxylic acid groups (broad SMARTS) is 2. The van der Waals surface area contributed by atoms with Crippen molar-refractivity contribution in [2.75, 3.05) is 26.7 Å². The van der Waals surface area contributed by atoms with Crippen molar-refractivity contribution < 1.29 is 24.9 Å². The first kappa shape index (κ1) is 21.1. The van der Waals surface area contributed by atoms with Crippen LogP contribution in [0.1, 0.15) is 24.8 Å². The number of rotatable bonds is 8. The van der Waals surface area contributed by atoms with E-state index in [9.17, 15) is 0 Å². The molecule has 138 valence electrons. The molecule has 0 amide bonds. The number of aliphatic hydroxyl groups is 1. The number of aliphatic carboxylic acids is 2. The fraction of sp³-hybridized carbons (Fsp3) is 0.444. The van der Waals surface area contributed by atoms with E-state index in [2.05, 4.69) is 41.6 Å². The Hall–Kier alpha value is -1.96. The number of aliphatic hydroxyl groups excluding tert-OH is 1. The minimum atomic E-state index is -1.82. The molecule has 0 saturated carbocycles. The number of likely N-dealkylation sites (N-methyl/N-ethyl adjacent to an activating group) is 1. The molecule has 2 rings (SSSR count). The van der Waals surface area contributed by atoms with Gasteiger partial charge in [-0.3, -0.25) is 0 Å². The van der Waals surface area contributed by atoms with Crippen LogP contribution in [-0.2, 0) is 16.0 Å². The summed E-state index contributed by atoms with van der Waals surface area (Å²) in [5, 5.41) is 27.1. The summed E-state index contributed by atoms with van der Waals surface area (Å²) in [5.74, 6) is -3.65. The molecule has 1 heterocycles. The summed E-state index contributed by atoms with van der Waals surface area (Å²) in [6.45, 7) is 2.14. The highest BCUT2D eigenvalue weighted by molar-refractivity contribution is 7.17. The van der Waals surface area contributed by atoms with E-state index in [1.165, 1.54) is 41.3 Å². The number of fused-ring (bicyclic) bond motifs is 1. The van der Waals surface area contributed by atoms with E-state index in [4.69, 9.17) is 24.9 Å². The second kappa shape index (κ2) is 11.6. The number of unbranched alkanes of at least 4 members (excludes halogenated alkanes) is 2. The van der Waals surface area contributed by atoms with Crippen molar-refractivity contribution in [2.45, 2.75) is 25.7 Å². The molecule has 0 aliphatic carbocycles. The lowest BCUT2D eigenvalue weighted by Crippen LogP contribution is -2.23. The van der Waals surface area contributed by atoms with Gasteiger partial charge in [0.05, 0.1) is 6.61 Å². The highest BCUT2D eigenvalue weighted by atomic mass is 32.1. The smallest absolute Gasteiger partial charge is 0.414 e. The fourth-order valence-electron chi connectivity index (χ4n) is 2.34. The monoisotopic (exact) mass is 367 g/mol. The molecule has 0 atom stereocenters. The van der Waals surface area contributed by atoms with Crippen LogP contribution in [-0.4, -0.2) is 58.9 Å². The van der Waals surface area contributed by atoms with Crippen LogP contribution in [0.15, 0.2) is 29.6 Å². The largest absolute Gasteiger partial charge is 0.473 e. The molecule has 0 unspecified atom stereocenters. The first-order chi connectivity index (χ1) is 11.9. The van der Waals surface area contributed by atoms with E-state index in [0.717, 1.165) is 13.1 Å². The van der Waals surface area contributed by atoms with E-state index in [1.807, 2.05) is 11.3 Å². The van der Waals surface area contributed by atoms with Gasteiger partial charge < -0.3 is 20.2 Å². The predicted molar refractivity (Wildman–Crippen MR) is 99.2 cm³/mol. The summed E-state index contributed by atoms with van der Waals surface area (Å²) < 4.78 is 1.38. The maximum Gasteiger partial charge on any atom is 0.414 e.